The van der Waals surface area contributed by atoms with Crippen molar-refractivity contribution in [1.29, 1.82) is 0 Å². The summed E-state index contributed by atoms with van der Waals surface area (Å²) in [6.45, 7) is 1.48. The number of carbonyl (C=O) groups excluding carboxylic acids is 1. The van der Waals surface area contributed by atoms with Gasteiger partial charge in [-0.3, -0.25) is 4.79 Å². The molecule has 1 atom stereocenters. The first-order valence-corrected chi connectivity index (χ1v) is 7.82. The Bertz CT molecular complexity index is 753. The standard InChI is InChI=1S/C18H15NO2S/c1-15(20)7-5-6-8-16-11-13-17(14-12-16)19-22(21)18-9-3-2-4-10-18/h2-5,7,9-14,19H,1H3/b7-5+. The Kier molecular flexibility index (Phi) is 5.70. The Morgan fingerprint density at radius 3 is 2.41 bits per heavy atom. The maximum atomic E-state index is 12.1. The van der Waals surface area contributed by atoms with Crippen LogP contribution in [0.25, 0.3) is 0 Å². The highest BCUT2D eigenvalue weighted by molar-refractivity contribution is 7.86. The quantitative estimate of drug-likeness (QED) is 0.695. The van der Waals surface area contributed by atoms with Crippen molar-refractivity contribution >= 4 is 22.5 Å². The maximum absolute atomic E-state index is 12.1. The molecule has 0 amide bonds. The van der Waals surface area contributed by atoms with Gasteiger partial charge in [-0.05, 0) is 55.5 Å². The highest BCUT2D eigenvalue weighted by Crippen LogP contribution is 2.13. The van der Waals surface area contributed by atoms with Crippen LogP contribution in [0.3, 0.4) is 0 Å². The summed E-state index contributed by atoms with van der Waals surface area (Å²) >= 11 is 0. The highest BCUT2D eigenvalue weighted by Gasteiger charge is 2.02. The van der Waals surface area contributed by atoms with Gasteiger partial charge in [0.15, 0.2) is 5.78 Å². The van der Waals surface area contributed by atoms with E-state index in [4.69, 9.17) is 0 Å². The molecule has 0 fully saturated rings. The Hall–Kier alpha value is -2.64. The first-order chi connectivity index (χ1) is 10.6. The minimum absolute atomic E-state index is 0.0303. The molecule has 1 unspecified atom stereocenters. The number of benzene rings is 2. The van der Waals surface area contributed by atoms with Crippen molar-refractivity contribution in [2.24, 2.45) is 0 Å². The van der Waals surface area contributed by atoms with Gasteiger partial charge in [0, 0.05) is 11.3 Å². The molecule has 0 aliphatic rings. The van der Waals surface area contributed by atoms with Gasteiger partial charge < -0.3 is 4.72 Å². The third-order valence-corrected chi connectivity index (χ3v) is 3.79. The van der Waals surface area contributed by atoms with Crippen LogP contribution in [-0.2, 0) is 15.8 Å². The van der Waals surface area contributed by atoms with E-state index in [1.807, 2.05) is 54.6 Å². The molecule has 0 aliphatic carbocycles. The van der Waals surface area contributed by atoms with Crippen molar-refractivity contribution in [2.45, 2.75) is 11.8 Å². The largest absolute Gasteiger partial charge is 0.301 e. The molecule has 0 spiro atoms. The zero-order valence-corrected chi connectivity index (χ0v) is 12.9. The molecular weight excluding hydrogens is 294 g/mol. The summed E-state index contributed by atoms with van der Waals surface area (Å²) in [7, 11) is -1.29. The average molecular weight is 309 g/mol. The molecule has 110 valence electrons. The summed E-state index contributed by atoms with van der Waals surface area (Å²) in [5.74, 6) is 5.68. The molecule has 22 heavy (non-hydrogen) atoms. The lowest BCUT2D eigenvalue weighted by Crippen LogP contribution is -2.04. The van der Waals surface area contributed by atoms with Gasteiger partial charge in [0.05, 0.1) is 4.90 Å². The smallest absolute Gasteiger partial charge is 0.153 e. The lowest BCUT2D eigenvalue weighted by atomic mass is 10.2. The molecule has 3 nitrogen and oxygen atoms in total. The van der Waals surface area contributed by atoms with E-state index in [0.29, 0.717) is 0 Å². The van der Waals surface area contributed by atoms with Crippen LogP contribution in [-0.4, -0.2) is 9.99 Å². The Morgan fingerprint density at radius 2 is 1.77 bits per heavy atom. The van der Waals surface area contributed by atoms with E-state index in [-0.39, 0.29) is 5.78 Å². The summed E-state index contributed by atoms with van der Waals surface area (Å²) in [6.07, 6.45) is 2.95. The lowest BCUT2D eigenvalue weighted by molar-refractivity contribution is -0.112. The summed E-state index contributed by atoms with van der Waals surface area (Å²) in [5.41, 5.74) is 1.58. The summed E-state index contributed by atoms with van der Waals surface area (Å²) < 4.78 is 15.0. The number of rotatable bonds is 4. The first-order valence-electron chi connectivity index (χ1n) is 6.67. The van der Waals surface area contributed by atoms with Crippen molar-refractivity contribution < 1.29 is 9.00 Å². The number of carbonyl (C=O) groups is 1. The molecule has 0 bridgehead atoms. The molecule has 0 saturated carbocycles. The van der Waals surface area contributed by atoms with Gasteiger partial charge in [-0.1, -0.05) is 30.0 Å². The van der Waals surface area contributed by atoms with Crippen LogP contribution in [0.4, 0.5) is 5.69 Å². The van der Waals surface area contributed by atoms with Gasteiger partial charge in [0.25, 0.3) is 0 Å². The number of hydrogen-bond acceptors (Lipinski definition) is 2. The van der Waals surface area contributed by atoms with Crippen molar-refractivity contribution in [2.75, 3.05) is 4.72 Å². The SMILES string of the molecule is CC(=O)/C=C/C#Cc1ccc(NS(=O)c2ccccc2)cc1. The predicted molar refractivity (Wildman–Crippen MR) is 89.6 cm³/mol. The highest BCUT2D eigenvalue weighted by atomic mass is 32.2. The zero-order valence-electron chi connectivity index (χ0n) is 12.1. The molecule has 0 saturated heterocycles. The first kappa shape index (κ1) is 15.7. The van der Waals surface area contributed by atoms with Crippen molar-refractivity contribution in [3.05, 3.63) is 72.3 Å². The second kappa shape index (κ2) is 7.96. The van der Waals surface area contributed by atoms with Gasteiger partial charge in [0.1, 0.15) is 11.0 Å². The molecule has 0 radical (unpaired) electrons. The maximum Gasteiger partial charge on any atom is 0.153 e. The van der Waals surface area contributed by atoms with E-state index in [1.165, 1.54) is 19.1 Å². The van der Waals surface area contributed by atoms with Gasteiger partial charge in [-0.15, -0.1) is 0 Å². The predicted octanol–water partition coefficient (Wildman–Crippen LogP) is 3.32. The van der Waals surface area contributed by atoms with E-state index in [0.717, 1.165) is 16.1 Å². The third kappa shape index (κ3) is 5.04. The second-order valence-electron chi connectivity index (χ2n) is 4.47. The molecule has 0 heterocycles. The van der Waals surface area contributed by atoms with E-state index in [9.17, 15) is 9.00 Å². The van der Waals surface area contributed by atoms with Crippen molar-refractivity contribution in [3.8, 4) is 11.8 Å². The Labute approximate surface area is 132 Å². The van der Waals surface area contributed by atoms with Gasteiger partial charge in [-0.2, -0.15) is 0 Å². The molecule has 4 heteroatoms. The molecular formula is C18H15NO2S. The molecule has 2 aromatic rings. The third-order valence-electron chi connectivity index (χ3n) is 2.67. The molecule has 1 N–H and O–H groups in total. The van der Waals surface area contributed by atoms with Gasteiger partial charge in [-0.25, -0.2) is 4.21 Å². The Balaban J connectivity index is 2.00. The molecule has 2 rings (SSSR count). The van der Waals surface area contributed by atoms with E-state index in [2.05, 4.69) is 16.6 Å². The minimum atomic E-state index is -1.29. The van der Waals surface area contributed by atoms with Crippen LogP contribution in [0.2, 0.25) is 0 Å². The minimum Gasteiger partial charge on any atom is -0.301 e. The van der Waals surface area contributed by atoms with Crippen LogP contribution in [0, 0.1) is 11.8 Å². The molecule has 2 aromatic carbocycles. The average Bonchev–Trinajstić information content (AvgIpc) is 2.54. The van der Waals surface area contributed by atoms with Gasteiger partial charge >= 0.3 is 0 Å². The number of hydrogen-bond donors (Lipinski definition) is 1. The monoisotopic (exact) mass is 309 g/mol. The number of ketones is 1. The summed E-state index contributed by atoms with van der Waals surface area (Å²) in [5, 5.41) is 0. The van der Waals surface area contributed by atoms with Crippen LogP contribution in [0.15, 0.2) is 71.6 Å². The van der Waals surface area contributed by atoms with Gasteiger partial charge in [0.2, 0.25) is 0 Å². The number of allylic oxidation sites excluding steroid dienone is 2. The Morgan fingerprint density at radius 1 is 1.09 bits per heavy atom. The van der Waals surface area contributed by atoms with E-state index in [1.54, 1.807) is 0 Å². The molecule has 0 aliphatic heterocycles. The fourth-order valence-corrected chi connectivity index (χ4v) is 2.49. The van der Waals surface area contributed by atoms with E-state index >= 15 is 0 Å². The van der Waals surface area contributed by atoms with Crippen molar-refractivity contribution in [3.63, 3.8) is 0 Å². The van der Waals surface area contributed by atoms with Crippen LogP contribution >= 0.6 is 0 Å². The lowest BCUT2D eigenvalue weighted by Gasteiger charge is -2.05. The van der Waals surface area contributed by atoms with Crippen molar-refractivity contribution in [1.82, 2.24) is 0 Å². The normalized spacial score (nSPS) is 11.5. The van der Waals surface area contributed by atoms with Crippen LogP contribution in [0.5, 0.6) is 0 Å². The topological polar surface area (TPSA) is 46.2 Å². The zero-order chi connectivity index (χ0) is 15.8. The fourth-order valence-electron chi connectivity index (χ4n) is 1.62. The van der Waals surface area contributed by atoms with Crippen LogP contribution < -0.4 is 4.72 Å². The number of anilines is 1. The van der Waals surface area contributed by atoms with Crippen LogP contribution in [0.1, 0.15) is 12.5 Å². The molecule has 0 aromatic heterocycles. The second-order valence-corrected chi connectivity index (χ2v) is 5.69. The number of nitrogens with one attached hydrogen (secondary N) is 1. The fraction of sp³-hybridized carbons (Fsp3) is 0.0556. The van der Waals surface area contributed by atoms with E-state index < -0.39 is 11.0 Å². The summed E-state index contributed by atoms with van der Waals surface area (Å²) in [6, 6.07) is 16.5. The summed E-state index contributed by atoms with van der Waals surface area (Å²) in [4.78, 5) is 11.5.